The van der Waals surface area contributed by atoms with E-state index in [0.29, 0.717) is 24.6 Å². The van der Waals surface area contributed by atoms with Crippen molar-refractivity contribution in [3.63, 3.8) is 0 Å². The fourth-order valence-electron chi connectivity index (χ4n) is 3.41. The Morgan fingerprint density at radius 3 is 2.50 bits per heavy atom. The smallest absolute Gasteiger partial charge is 0.387 e. The molecule has 3 rings (SSSR count). The number of hydrogen-bond acceptors (Lipinski definition) is 4. The second-order valence-corrected chi connectivity index (χ2v) is 7.00. The van der Waals surface area contributed by atoms with Crippen molar-refractivity contribution in [2.24, 2.45) is 4.99 Å². The lowest BCUT2D eigenvalue weighted by molar-refractivity contribution is -0.0504. The predicted molar refractivity (Wildman–Crippen MR) is 114 cm³/mol. The van der Waals surface area contributed by atoms with Crippen LogP contribution in [-0.2, 0) is 17.8 Å². The van der Waals surface area contributed by atoms with Crippen molar-refractivity contribution >= 4 is 11.6 Å². The Balaban J connectivity index is 1.62. The maximum Gasteiger partial charge on any atom is 0.387 e. The minimum Gasteiger partial charge on any atom is -0.434 e. The number of halogens is 2. The molecule has 2 aromatic carbocycles. The Morgan fingerprint density at radius 2 is 1.80 bits per heavy atom. The third-order valence-corrected chi connectivity index (χ3v) is 4.89. The number of benzene rings is 2. The molecule has 1 aliphatic heterocycles. The summed E-state index contributed by atoms with van der Waals surface area (Å²) in [7, 11) is 1.68. The van der Waals surface area contributed by atoms with E-state index in [1.165, 1.54) is 5.69 Å². The number of rotatable bonds is 7. The molecule has 8 heteroatoms. The van der Waals surface area contributed by atoms with E-state index in [0.717, 1.165) is 37.4 Å². The normalized spacial score (nSPS) is 14.7. The van der Waals surface area contributed by atoms with Gasteiger partial charge in [0.1, 0.15) is 5.75 Å². The molecule has 0 amide bonds. The van der Waals surface area contributed by atoms with Crippen LogP contribution in [0.15, 0.2) is 47.5 Å². The lowest BCUT2D eigenvalue weighted by Crippen LogP contribution is -2.39. The number of para-hydroxylation sites is 1. The summed E-state index contributed by atoms with van der Waals surface area (Å²) < 4.78 is 35.4. The van der Waals surface area contributed by atoms with Gasteiger partial charge >= 0.3 is 6.61 Å². The van der Waals surface area contributed by atoms with Crippen LogP contribution in [0.25, 0.3) is 0 Å². The Hall–Kier alpha value is -2.87. The first-order valence-corrected chi connectivity index (χ1v) is 9.96. The minimum absolute atomic E-state index is 0.163. The highest BCUT2D eigenvalue weighted by molar-refractivity contribution is 5.80. The van der Waals surface area contributed by atoms with Gasteiger partial charge in [0.25, 0.3) is 0 Å². The molecule has 2 N–H and O–H groups in total. The molecule has 1 saturated heterocycles. The Kier molecular flexibility index (Phi) is 7.84. The molecule has 2 aromatic rings. The van der Waals surface area contributed by atoms with Crippen LogP contribution < -0.4 is 20.3 Å². The summed E-state index contributed by atoms with van der Waals surface area (Å²) in [5.74, 6) is 0.743. The fraction of sp³-hybridized carbons (Fsp3) is 0.409. The van der Waals surface area contributed by atoms with Crippen LogP contribution >= 0.6 is 0 Å². The summed E-state index contributed by atoms with van der Waals surface area (Å²) in [5.41, 5.74) is 3.94. The highest BCUT2D eigenvalue weighted by Gasteiger charge is 2.15. The highest BCUT2D eigenvalue weighted by Crippen LogP contribution is 2.23. The van der Waals surface area contributed by atoms with Gasteiger partial charge in [-0.05, 0) is 24.6 Å². The summed E-state index contributed by atoms with van der Waals surface area (Å²) in [6.45, 7) is 3.13. The molecule has 1 aliphatic rings. The van der Waals surface area contributed by atoms with Crippen LogP contribution in [0, 0.1) is 6.92 Å². The van der Waals surface area contributed by atoms with Gasteiger partial charge < -0.3 is 25.0 Å². The number of morpholine rings is 1. The molecule has 1 fully saturated rings. The number of nitrogens with zero attached hydrogens (tertiary/aromatic N) is 2. The van der Waals surface area contributed by atoms with E-state index in [1.807, 2.05) is 25.1 Å². The van der Waals surface area contributed by atoms with Crippen LogP contribution in [0.5, 0.6) is 5.75 Å². The van der Waals surface area contributed by atoms with Crippen LogP contribution in [-0.4, -0.2) is 45.9 Å². The molecular weight excluding hydrogens is 390 g/mol. The number of ether oxygens (including phenoxy) is 2. The topological polar surface area (TPSA) is 58.1 Å². The number of aliphatic imine (C=N–C) groups is 1. The summed E-state index contributed by atoms with van der Waals surface area (Å²) in [4.78, 5) is 6.56. The second-order valence-electron chi connectivity index (χ2n) is 7.00. The zero-order chi connectivity index (χ0) is 21.3. The van der Waals surface area contributed by atoms with Gasteiger partial charge in [0.05, 0.1) is 13.2 Å². The van der Waals surface area contributed by atoms with Gasteiger partial charge in [0.15, 0.2) is 5.96 Å². The number of nitrogens with one attached hydrogen (secondary N) is 2. The van der Waals surface area contributed by atoms with E-state index in [-0.39, 0.29) is 5.75 Å². The molecule has 0 unspecified atom stereocenters. The van der Waals surface area contributed by atoms with Crippen LogP contribution in [0.4, 0.5) is 14.5 Å². The van der Waals surface area contributed by atoms with Crippen molar-refractivity contribution in [3.05, 3.63) is 59.2 Å². The van der Waals surface area contributed by atoms with Gasteiger partial charge in [-0.25, -0.2) is 0 Å². The van der Waals surface area contributed by atoms with E-state index in [1.54, 1.807) is 19.2 Å². The first-order valence-electron chi connectivity index (χ1n) is 9.96. The van der Waals surface area contributed by atoms with Gasteiger partial charge in [-0.3, -0.25) is 4.99 Å². The quantitative estimate of drug-likeness (QED) is 0.534. The first-order chi connectivity index (χ1) is 14.6. The molecule has 6 nitrogen and oxygen atoms in total. The van der Waals surface area contributed by atoms with Gasteiger partial charge in [0.2, 0.25) is 0 Å². The Morgan fingerprint density at radius 1 is 1.10 bits per heavy atom. The third-order valence-electron chi connectivity index (χ3n) is 4.89. The fourth-order valence-corrected chi connectivity index (χ4v) is 3.41. The number of anilines is 1. The zero-order valence-corrected chi connectivity index (χ0v) is 17.3. The summed E-state index contributed by atoms with van der Waals surface area (Å²) in [6, 6.07) is 13.4. The molecule has 0 atom stereocenters. The van der Waals surface area contributed by atoms with E-state index < -0.39 is 6.61 Å². The van der Waals surface area contributed by atoms with Crippen molar-refractivity contribution in [1.82, 2.24) is 10.6 Å². The van der Waals surface area contributed by atoms with E-state index >= 15 is 0 Å². The van der Waals surface area contributed by atoms with Crippen molar-refractivity contribution in [1.29, 1.82) is 0 Å². The maximum atomic E-state index is 12.7. The summed E-state index contributed by atoms with van der Waals surface area (Å²) in [5, 5.41) is 6.48. The van der Waals surface area contributed by atoms with Gasteiger partial charge in [-0.1, -0.05) is 35.9 Å². The zero-order valence-electron chi connectivity index (χ0n) is 17.3. The van der Waals surface area contributed by atoms with Crippen molar-refractivity contribution in [2.75, 3.05) is 38.3 Å². The molecule has 0 saturated carbocycles. The van der Waals surface area contributed by atoms with Crippen molar-refractivity contribution in [3.8, 4) is 5.75 Å². The number of guanidine groups is 1. The molecule has 0 aliphatic carbocycles. The van der Waals surface area contributed by atoms with Crippen LogP contribution in [0.1, 0.15) is 16.7 Å². The average Bonchev–Trinajstić information content (AvgIpc) is 2.76. The monoisotopic (exact) mass is 418 g/mol. The SMILES string of the molecule is CN=C(NCc1cc(C)ccc1OC(F)F)NCc1ccccc1N1CCOCC1. The molecule has 30 heavy (non-hydrogen) atoms. The van der Waals surface area contributed by atoms with E-state index in [2.05, 4.69) is 37.4 Å². The largest absolute Gasteiger partial charge is 0.434 e. The molecule has 0 radical (unpaired) electrons. The van der Waals surface area contributed by atoms with Crippen molar-refractivity contribution < 1.29 is 18.3 Å². The van der Waals surface area contributed by atoms with E-state index in [9.17, 15) is 8.78 Å². The standard InChI is InChI=1S/C22H28F2N4O2/c1-16-7-8-20(30-21(23)24)18(13-16)15-27-22(25-2)26-14-17-5-3-4-6-19(17)28-9-11-29-12-10-28/h3-8,13,21H,9-12,14-15H2,1-2H3,(H2,25,26,27). The molecule has 162 valence electrons. The van der Waals surface area contributed by atoms with Gasteiger partial charge in [-0.15, -0.1) is 0 Å². The number of alkyl halides is 2. The summed E-state index contributed by atoms with van der Waals surface area (Å²) >= 11 is 0. The number of hydrogen-bond donors (Lipinski definition) is 2. The molecule has 1 heterocycles. The van der Waals surface area contributed by atoms with E-state index in [4.69, 9.17) is 4.74 Å². The minimum atomic E-state index is -2.86. The Labute approximate surface area is 175 Å². The predicted octanol–water partition coefficient (Wildman–Crippen LogP) is 3.30. The van der Waals surface area contributed by atoms with Crippen LogP contribution in [0.2, 0.25) is 0 Å². The first kappa shape index (κ1) is 21.8. The Bertz CT molecular complexity index is 855. The molecular formula is C22H28F2N4O2. The van der Waals surface area contributed by atoms with Crippen LogP contribution in [0.3, 0.4) is 0 Å². The average molecular weight is 418 g/mol. The van der Waals surface area contributed by atoms with Gasteiger partial charge in [-0.2, -0.15) is 8.78 Å². The number of aryl methyl sites for hydroxylation is 1. The molecule has 0 aromatic heterocycles. The van der Waals surface area contributed by atoms with Crippen molar-refractivity contribution in [2.45, 2.75) is 26.6 Å². The van der Waals surface area contributed by atoms with Gasteiger partial charge in [0, 0.05) is 44.5 Å². The molecule has 0 bridgehead atoms. The second kappa shape index (κ2) is 10.8. The maximum absolute atomic E-state index is 12.7. The summed E-state index contributed by atoms with van der Waals surface area (Å²) in [6.07, 6.45) is 0. The molecule has 0 spiro atoms. The highest BCUT2D eigenvalue weighted by atomic mass is 19.3. The lowest BCUT2D eigenvalue weighted by atomic mass is 10.1. The third kappa shape index (κ3) is 6.06. The lowest BCUT2D eigenvalue weighted by Gasteiger charge is -2.30.